The molecule has 0 spiro atoms. The molecule has 1 atom stereocenters. The molecule has 0 aliphatic carbocycles. The molecule has 1 aromatic carbocycles. The van der Waals surface area contributed by atoms with Crippen LogP contribution >= 0.6 is 15.9 Å². The van der Waals surface area contributed by atoms with E-state index in [4.69, 9.17) is 0 Å². The van der Waals surface area contributed by atoms with Gasteiger partial charge in [-0.05, 0) is 35.7 Å². The van der Waals surface area contributed by atoms with Gasteiger partial charge in [-0.25, -0.2) is 0 Å². The van der Waals surface area contributed by atoms with Crippen molar-refractivity contribution >= 4 is 21.8 Å². The second-order valence-corrected chi connectivity index (χ2v) is 5.39. The van der Waals surface area contributed by atoms with Crippen LogP contribution in [0, 0.1) is 11.3 Å². The molecule has 1 N–H and O–H groups in total. The normalized spacial score (nSPS) is 11.5. The van der Waals surface area contributed by atoms with Crippen LogP contribution in [0.25, 0.3) is 0 Å². The van der Waals surface area contributed by atoms with Gasteiger partial charge in [0, 0.05) is 22.4 Å². The Morgan fingerprint density at radius 2 is 2.29 bits per heavy atom. The Hall–Kier alpha value is -2.19. The number of aryl methyl sites for hydroxylation is 1. The first kappa shape index (κ1) is 15.2. The summed E-state index contributed by atoms with van der Waals surface area (Å²) < 4.78 is 0.868. The lowest BCUT2D eigenvalue weighted by molar-refractivity contribution is 0.0944. The van der Waals surface area contributed by atoms with Gasteiger partial charge in [-0.3, -0.25) is 9.78 Å². The van der Waals surface area contributed by atoms with E-state index in [0.717, 1.165) is 15.6 Å². The third kappa shape index (κ3) is 3.67. The second-order valence-electron chi connectivity index (χ2n) is 4.48. The number of carbonyl (C=O) groups is 1. The van der Waals surface area contributed by atoms with Gasteiger partial charge in [-0.15, -0.1) is 0 Å². The maximum absolute atomic E-state index is 12.4. The van der Waals surface area contributed by atoms with E-state index in [0.29, 0.717) is 12.0 Å². The smallest absolute Gasteiger partial charge is 0.252 e. The Kier molecular flexibility index (Phi) is 5.07. The molecule has 1 aromatic heterocycles. The van der Waals surface area contributed by atoms with Gasteiger partial charge in [0.1, 0.15) is 6.04 Å². The molecule has 21 heavy (non-hydrogen) atoms. The Morgan fingerprint density at radius 1 is 1.48 bits per heavy atom. The average Bonchev–Trinajstić information content (AvgIpc) is 2.52. The van der Waals surface area contributed by atoms with Crippen molar-refractivity contribution in [3.05, 3.63) is 63.9 Å². The van der Waals surface area contributed by atoms with Crippen LogP contribution in [0.4, 0.5) is 0 Å². The van der Waals surface area contributed by atoms with Crippen LogP contribution in [0.5, 0.6) is 0 Å². The SMILES string of the molecule is CCc1cnccc1C(=O)NC(C#N)c1cccc(Br)c1. The van der Waals surface area contributed by atoms with E-state index in [1.54, 1.807) is 18.5 Å². The van der Waals surface area contributed by atoms with E-state index in [-0.39, 0.29) is 5.91 Å². The fourth-order valence-electron chi connectivity index (χ4n) is 2.02. The summed E-state index contributed by atoms with van der Waals surface area (Å²) in [6, 6.07) is 10.4. The molecular weight excluding hydrogens is 330 g/mol. The number of halogens is 1. The summed E-state index contributed by atoms with van der Waals surface area (Å²) in [4.78, 5) is 16.4. The summed E-state index contributed by atoms with van der Waals surface area (Å²) in [7, 11) is 0. The highest BCUT2D eigenvalue weighted by Gasteiger charge is 2.17. The van der Waals surface area contributed by atoms with Crippen LogP contribution < -0.4 is 5.32 Å². The van der Waals surface area contributed by atoms with Crippen molar-refractivity contribution in [3.63, 3.8) is 0 Å². The van der Waals surface area contributed by atoms with Gasteiger partial charge in [0.05, 0.1) is 6.07 Å². The highest BCUT2D eigenvalue weighted by atomic mass is 79.9. The second kappa shape index (κ2) is 7.00. The Labute approximate surface area is 132 Å². The molecule has 0 radical (unpaired) electrons. The van der Waals surface area contributed by atoms with Gasteiger partial charge in [-0.1, -0.05) is 35.0 Å². The first-order valence-corrected chi connectivity index (χ1v) is 7.33. The number of nitrogens with zero attached hydrogens (tertiary/aromatic N) is 2. The molecule has 5 heteroatoms. The van der Waals surface area contributed by atoms with Gasteiger partial charge in [0.2, 0.25) is 0 Å². The number of amides is 1. The predicted octanol–water partition coefficient (Wildman–Crippen LogP) is 3.40. The minimum Gasteiger partial charge on any atom is -0.332 e. The summed E-state index contributed by atoms with van der Waals surface area (Å²) >= 11 is 3.36. The van der Waals surface area contributed by atoms with Crippen molar-refractivity contribution in [2.45, 2.75) is 19.4 Å². The van der Waals surface area contributed by atoms with Crippen molar-refractivity contribution in [1.82, 2.24) is 10.3 Å². The highest BCUT2D eigenvalue weighted by molar-refractivity contribution is 9.10. The fraction of sp³-hybridized carbons (Fsp3) is 0.188. The number of hydrogen-bond acceptors (Lipinski definition) is 3. The van der Waals surface area contributed by atoms with Crippen LogP contribution in [0.15, 0.2) is 47.2 Å². The molecule has 2 rings (SSSR count). The fourth-order valence-corrected chi connectivity index (χ4v) is 2.43. The number of carbonyl (C=O) groups excluding carboxylic acids is 1. The zero-order chi connectivity index (χ0) is 15.2. The molecule has 0 saturated carbocycles. The highest BCUT2D eigenvalue weighted by Crippen LogP contribution is 2.18. The number of benzene rings is 1. The number of aromatic nitrogens is 1. The lowest BCUT2D eigenvalue weighted by Gasteiger charge is -2.13. The first-order chi connectivity index (χ1) is 10.2. The van der Waals surface area contributed by atoms with E-state index < -0.39 is 6.04 Å². The molecule has 0 aliphatic rings. The maximum Gasteiger partial charge on any atom is 0.252 e. The van der Waals surface area contributed by atoms with Gasteiger partial charge in [0.15, 0.2) is 0 Å². The number of nitriles is 1. The minimum atomic E-state index is -0.687. The topological polar surface area (TPSA) is 65.8 Å². The minimum absolute atomic E-state index is 0.263. The molecule has 1 unspecified atom stereocenters. The summed E-state index contributed by atoms with van der Waals surface area (Å²) in [5.74, 6) is -0.263. The number of rotatable bonds is 4. The van der Waals surface area contributed by atoms with Crippen LogP contribution in [0.3, 0.4) is 0 Å². The van der Waals surface area contributed by atoms with Gasteiger partial charge >= 0.3 is 0 Å². The van der Waals surface area contributed by atoms with Gasteiger partial charge in [-0.2, -0.15) is 5.26 Å². The lowest BCUT2D eigenvalue weighted by atomic mass is 10.1. The molecule has 0 aliphatic heterocycles. The van der Waals surface area contributed by atoms with Crippen LogP contribution in [-0.2, 0) is 6.42 Å². The number of hydrogen-bond donors (Lipinski definition) is 1. The quantitative estimate of drug-likeness (QED) is 0.924. The first-order valence-electron chi connectivity index (χ1n) is 6.54. The molecule has 0 fully saturated rings. The zero-order valence-electron chi connectivity index (χ0n) is 11.5. The molecule has 1 amide bonds. The van der Waals surface area contributed by atoms with Crippen molar-refractivity contribution in [1.29, 1.82) is 5.26 Å². The summed E-state index contributed by atoms with van der Waals surface area (Å²) in [6.45, 7) is 1.96. The number of nitrogens with one attached hydrogen (secondary N) is 1. The lowest BCUT2D eigenvalue weighted by Crippen LogP contribution is -2.28. The standard InChI is InChI=1S/C16H14BrN3O/c1-2-11-10-19-7-6-14(11)16(21)20-15(9-18)12-4-3-5-13(17)8-12/h3-8,10,15H,2H2,1H3,(H,20,21). The van der Waals surface area contributed by atoms with Crippen molar-refractivity contribution in [2.75, 3.05) is 0 Å². The summed E-state index contributed by atoms with van der Waals surface area (Å²) in [5.41, 5.74) is 2.16. The molecular formula is C16H14BrN3O. The van der Waals surface area contributed by atoms with Crippen molar-refractivity contribution in [3.8, 4) is 6.07 Å². The van der Waals surface area contributed by atoms with Gasteiger partial charge < -0.3 is 5.32 Å². The van der Waals surface area contributed by atoms with Crippen LogP contribution in [0.2, 0.25) is 0 Å². The molecule has 4 nitrogen and oxygen atoms in total. The molecule has 106 valence electrons. The van der Waals surface area contributed by atoms with E-state index in [2.05, 4.69) is 32.3 Å². The van der Waals surface area contributed by atoms with Crippen LogP contribution in [-0.4, -0.2) is 10.9 Å². The van der Waals surface area contributed by atoms with Crippen molar-refractivity contribution in [2.24, 2.45) is 0 Å². The monoisotopic (exact) mass is 343 g/mol. The predicted molar refractivity (Wildman–Crippen MR) is 83.6 cm³/mol. The summed E-state index contributed by atoms with van der Waals surface area (Å²) in [6.07, 6.45) is 3.97. The number of pyridine rings is 1. The van der Waals surface area contributed by atoms with E-state index in [1.807, 2.05) is 31.2 Å². The Morgan fingerprint density at radius 3 is 2.95 bits per heavy atom. The van der Waals surface area contributed by atoms with E-state index >= 15 is 0 Å². The van der Waals surface area contributed by atoms with Crippen LogP contribution in [0.1, 0.15) is 34.5 Å². The van der Waals surface area contributed by atoms with Gasteiger partial charge in [0.25, 0.3) is 5.91 Å². The Bertz CT molecular complexity index is 694. The third-order valence-electron chi connectivity index (χ3n) is 3.12. The zero-order valence-corrected chi connectivity index (χ0v) is 13.1. The maximum atomic E-state index is 12.4. The van der Waals surface area contributed by atoms with Crippen molar-refractivity contribution < 1.29 is 4.79 Å². The average molecular weight is 344 g/mol. The summed E-state index contributed by atoms with van der Waals surface area (Å²) in [5, 5.41) is 12.1. The molecule has 1 heterocycles. The Balaban J connectivity index is 2.23. The van der Waals surface area contributed by atoms with E-state index in [9.17, 15) is 10.1 Å². The molecule has 0 saturated heterocycles. The third-order valence-corrected chi connectivity index (χ3v) is 3.61. The molecule has 2 aromatic rings. The van der Waals surface area contributed by atoms with E-state index in [1.165, 1.54) is 0 Å². The molecule has 0 bridgehead atoms. The largest absolute Gasteiger partial charge is 0.332 e.